The lowest BCUT2D eigenvalue weighted by molar-refractivity contribution is 0.267. The highest BCUT2D eigenvalue weighted by Crippen LogP contribution is 2.29. The second-order valence-electron chi connectivity index (χ2n) is 5.30. The van der Waals surface area contributed by atoms with Gasteiger partial charge in [0.25, 0.3) is 0 Å². The molecule has 1 aromatic heterocycles. The second-order valence-corrected chi connectivity index (χ2v) is 6.22. The molecule has 0 saturated heterocycles. The van der Waals surface area contributed by atoms with E-state index in [1.165, 1.54) is 43.4 Å². The third-order valence-electron chi connectivity index (χ3n) is 3.91. The zero-order valence-electron chi connectivity index (χ0n) is 11.0. The van der Waals surface area contributed by atoms with E-state index in [4.69, 9.17) is 0 Å². The predicted octanol–water partition coefficient (Wildman–Crippen LogP) is 4.15. The summed E-state index contributed by atoms with van der Waals surface area (Å²) in [5.41, 5.74) is 1.92. The van der Waals surface area contributed by atoms with E-state index >= 15 is 0 Å². The minimum Gasteiger partial charge on any atom is -0.307 e. The first-order valence-electron chi connectivity index (χ1n) is 6.94. The summed E-state index contributed by atoms with van der Waals surface area (Å²) < 4.78 is 0. The van der Waals surface area contributed by atoms with Gasteiger partial charge in [0.05, 0.1) is 5.51 Å². The molecule has 0 amide bonds. The molecule has 0 aliphatic heterocycles. The number of nitrogens with zero attached hydrogens (tertiary/aromatic N) is 1. The lowest BCUT2D eigenvalue weighted by Crippen LogP contribution is -2.34. The quantitative estimate of drug-likeness (QED) is 0.851. The van der Waals surface area contributed by atoms with Crippen molar-refractivity contribution in [2.75, 3.05) is 0 Å². The fourth-order valence-electron chi connectivity index (χ4n) is 2.90. The van der Waals surface area contributed by atoms with Crippen LogP contribution >= 0.6 is 11.3 Å². The molecule has 0 radical (unpaired) electrons. The monoisotopic (exact) mass is 252 g/mol. The number of hydrogen-bond donors (Lipinski definition) is 1. The minimum atomic E-state index is 0.468. The Labute approximate surface area is 109 Å². The smallest absolute Gasteiger partial charge is 0.0794 e. The van der Waals surface area contributed by atoms with Gasteiger partial charge < -0.3 is 5.32 Å². The first-order chi connectivity index (χ1) is 8.29. The number of hydrogen-bond acceptors (Lipinski definition) is 3. The summed E-state index contributed by atoms with van der Waals surface area (Å²) in [6.07, 6.45) is 10.3. The van der Waals surface area contributed by atoms with Gasteiger partial charge in [-0.25, -0.2) is 0 Å². The Hall–Kier alpha value is -0.410. The molecule has 0 aromatic carbocycles. The van der Waals surface area contributed by atoms with Gasteiger partial charge in [-0.05, 0) is 38.5 Å². The molecule has 1 heterocycles. The molecule has 1 atom stereocenters. The van der Waals surface area contributed by atoms with Crippen molar-refractivity contribution in [2.45, 2.75) is 64.5 Å². The van der Waals surface area contributed by atoms with Gasteiger partial charge in [-0.2, -0.15) is 0 Å². The molecular weight excluding hydrogens is 228 g/mol. The van der Waals surface area contributed by atoms with Crippen molar-refractivity contribution in [3.05, 3.63) is 16.6 Å². The third kappa shape index (κ3) is 3.78. The summed E-state index contributed by atoms with van der Waals surface area (Å²) in [6, 6.07) is 1.19. The Morgan fingerprint density at radius 2 is 2.18 bits per heavy atom. The van der Waals surface area contributed by atoms with E-state index in [9.17, 15) is 0 Å². The fraction of sp³-hybridized carbons (Fsp3) is 0.786. The lowest BCUT2D eigenvalue weighted by atomic mass is 9.83. The molecule has 3 heteroatoms. The van der Waals surface area contributed by atoms with Crippen LogP contribution in [0.1, 0.15) is 63.3 Å². The highest BCUT2D eigenvalue weighted by Gasteiger charge is 2.22. The van der Waals surface area contributed by atoms with Crippen LogP contribution < -0.4 is 5.32 Å². The van der Waals surface area contributed by atoms with Gasteiger partial charge in [0.15, 0.2) is 0 Å². The Balaban J connectivity index is 1.74. The van der Waals surface area contributed by atoms with Crippen molar-refractivity contribution in [2.24, 2.45) is 5.92 Å². The SMILES string of the molecule is CCCC1CCC(NC(C)c2cncs2)CC1. The zero-order chi connectivity index (χ0) is 12.1. The van der Waals surface area contributed by atoms with Gasteiger partial charge in [0.2, 0.25) is 0 Å². The molecule has 0 bridgehead atoms. The van der Waals surface area contributed by atoms with Crippen LogP contribution in [0.4, 0.5) is 0 Å². The van der Waals surface area contributed by atoms with Crippen LogP contribution in [0.25, 0.3) is 0 Å². The van der Waals surface area contributed by atoms with Crippen molar-refractivity contribution in [1.82, 2.24) is 10.3 Å². The Bertz CT molecular complexity index is 302. The van der Waals surface area contributed by atoms with Crippen LogP contribution in [0.15, 0.2) is 11.7 Å². The topological polar surface area (TPSA) is 24.9 Å². The van der Waals surface area contributed by atoms with E-state index in [2.05, 4.69) is 24.1 Å². The Morgan fingerprint density at radius 1 is 1.41 bits per heavy atom. The predicted molar refractivity (Wildman–Crippen MR) is 74.3 cm³/mol. The minimum absolute atomic E-state index is 0.468. The van der Waals surface area contributed by atoms with Crippen LogP contribution in [-0.4, -0.2) is 11.0 Å². The molecule has 2 rings (SSSR count). The van der Waals surface area contributed by atoms with Crippen molar-refractivity contribution in [1.29, 1.82) is 0 Å². The standard InChI is InChI=1S/C14H24N2S/c1-3-4-12-5-7-13(8-6-12)16-11(2)14-9-15-10-17-14/h9-13,16H,3-8H2,1-2H3. The summed E-state index contributed by atoms with van der Waals surface area (Å²) in [4.78, 5) is 5.51. The van der Waals surface area contributed by atoms with E-state index in [0.717, 1.165) is 12.0 Å². The molecule has 1 aromatic rings. The molecule has 1 fully saturated rings. The van der Waals surface area contributed by atoms with E-state index in [-0.39, 0.29) is 0 Å². The highest BCUT2D eigenvalue weighted by atomic mass is 32.1. The molecule has 1 N–H and O–H groups in total. The van der Waals surface area contributed by atoms with E-state index in [1.54, 1.807) is 11.3 Å². The summed E-state index contributed by atoms with van der Waals surface area (Å²) in [6.45, 7) is 4.56. The molecular formula is C14H24N2S. The maximum atomic E-state index is 4.15. The molecule has 1 aliphatic rings. The fourth-order valence-corrected chi connectivity index (χ4v) is 3.54. The summed E-state index contributed by atoms with van der Waals surface area (Å²) in [5.74, 6) is 0.997. The summed E-state index contributed by atoms with van der Waals surface area (Å²) >= 11 is 1.75. The van der Waals surface area contributed by atoms with Crippen molar-refractivity contribution in [3.8, 4) is 0 Å². The number of nitrogens with one attached hydrogen (secondary N) is 1. The third-order valence-corrected chi connectivity index (χ3v) is 4.87. The molecule has 96 valence electrons. The van der Waals surface area contributed by atoms with Crippen LogP contribution in [0, 0.1) is 5.92 Å². The zero-order valence-corrected chi connectivity index (χ0v) is 11.8. The van der Waals surface area contributed by atoms with Crippen LogP contribution in [0.3, 0.4) is 0 Å². The Morgan fingerprint density at radius 3 is 2.76 bits per heavy atom. The molecule has 1 unspecified atom stereocenters. The molecule has 1 saturated carbocycles. The maximum absolute atomic E-state index is 4.15. The Kier molecular flexibility index (Phi) is 4.99. The molecule has 1 aliphatic carbocycles. The van der Waals surface area contributed by atoms with Gasteiger partial charge in [-0.1, -0.05) is 19.8 Å². The van der Waals surface area contributed by atoms with E-state index in [1.807, 2.05) is 11.7 Å². The average molecular weight is 252 g/mol. The molecule has 2 nitrogen and oxygen atoms in total. The first-order valence-corrected chi connectivity index (χ1v) is 7.82. The number of rotatable bonds is 5. The largest absolute Gasteiger partial charge is 0.307 e. The average Bonchev–Trinajstić information content (AvgIpc) is 2.86. The van der Waals surface area contributed by atoms with Gasteiger partial charge in [0.1, 0.15) is 0 Å². The lowest BCUT2D eigenvalue weighted by Gasteiger charge is -2.30. The normalized spacial score (nSPS) is 26.9. The highest BCUT2D eigenvalue weighted by molar-refractivity contribution is 7.09. The van der Waals surface area contributed by atoms with Crippen LogP contribution in [0.5, 0.6) is 0 Å². The summed E-state index contributed by atoms with van der Waals surface area (Å²) in [7, 11) is 0. The molecule has 17 heavy (non-hydrogen) atoms. The first kappa shape index (κ1) is 13.0. The van der Waals surface area contributed by atoms with Gasteiger partial charge >= 0.3 is 0 Å². The van der Waals surface area contributed by atoms with Crippen molar-refractivity contribution in [3.63, 3.8) is 0 Å². The maximum Gasteiger partial charge on any atom is 0.0794 e. The number of aromatic nitrogens is 1. The summed E-state index contributed by atoms with van der Waals surface area (Å²) in [5, 5.41) is 3.75. The van der Waals surface area contributed by atoms with Gasteiger partial charge in [-0.3, -0.25) is 4.98 Å². The second kappa shape index (κ2) is 6.50. The van der Waals surface area contributed by atoms with E-state index in [0.29, 0.717) is 6.04 Å². The van der Waals surface area contributed by atoms with Crippen LogP contribution in [-0.2, 0) is 0 Å². The van der Waals surface area contributed by atoms with E-state index < -0.39 is 0 Å². The number of thiazole rings is 1. The van der Waals surface area contributed by atoms with Crippen molar-refractivity contribution >= 4 is 11.3 Å². The van der Waals surface area contributed by atoms with Gasteiger partial charge in [-0.15, -0.1) is 11.3 Å². The molecule has 0 spiro atoms. The van der Waals surface area contributed by atoms with Crippen molar-refractivity contribution < 1.29 is 0 Å². The van der Waals surface area contributed by atoms with Gasteiger partial charge in [0, 0.05) is 23.2 Å². The van der Waals surface area contributed by atoms with Crippen LogP contribution in [0.2, 0.25) is 0 Å².